The highest BCUT2D eigenvalue weighted by Gasteiger charge is 2.39. The summed E-state index contributed by atoms with van der Waals surface area (Å²) in [4.78, 5) is 2.64. The molecular weight excluding hydrogens is 244 g/mol. The van der Waals surface area contributed by atoms with E-state index >= 15 is 0 Å². The smallest absolute Gasteiger partial charge is 0.0234 e. The first kappa shape index (κ1) is 12.4. The Kier molecular flexibility index (Phi) is 3.01. The highest BCUT2D eigenvalue weighted by molar-refractivity contribution is 5.82. The lowest BCUT2D eigenvalue weighted by Crippen LogP contribution is -2.28. The largest absolute Gasteiger partial charge is 0.316 e. The van der Waals surface area contributed by atoms with Gasteiger partial charge in [0, 0.05) is 19.6 Å². The van der Waals surface area contributed by atoms with E-state index < -0.39 is 0 Å². The van der Waals surface area contributed by atoms with Crippen molar-refractivity contribution in [1.82, 2.24) is 10.2 Å². The minimum atomic E-state index is 0.580. The van der Waals surface area contributed by atoms with Crippen LogP contribution >= 0.6 is 0 Å². The first-order valence-corrected chi connectivity index (χ1v) is 7.74. The fourth-order valence-electron chi connectivity index (χ4n) is 3.90. The van der Waals surface area contributed by atoms with Crippen LogP contribution in [0.4, 0.5) is 0 Å². The average molecular weight is 266 g/mol. The highest BCUT2D eigenvalue weighted by Crippen LogP contribution is 2.36. The standard InChI is InChI=1S/C18H22N2/c1-2-4-17-11-15(5-6-16(17)3-1)12-20-10-8-18(14-20)7-9-19-13-18/h1-6,11,19H,7-10,12-14H2. The van der Waals surface area contributed by atoms with Crippen LogP contribution in [-0.2, 0) is 6.54 Å². The molecule has 0 aromatic heterocycles. The lowest BCUT2D eigenvalue weighted by atomic mass is 9.86. The molecule has 1 N–H and O–H groups in total. The highest BCUT2D eigenvalue weighted by atomic mass is 15.2. The molecule has 1 unspecified atom stereocenters. The van der Waals surface area contributed by atoms with Gasteiger partial charge in [-0.2, -0.15) is 0 Å². The first-order chi connectivity index (χ1) is 9.83. The number of nitrogens with one attached hydrogen (secondary N) is 1. The second kappa shape index (κ2) is 4.87. The normalized spacial score (nSPS) is 26.8. The summed E-state index contributed by atoms with van der Waals surface area (Å²) in [7, 11) is 0. The Labute approximate surface area is 120 Å². The molecule has 2 aromatic carbocycles. The summed E-state index contributed by atoms with van der Waals surface area (Å²) in [6.07, 6.45) is 2.73. The Bertz CT molecular complexity index is 614. The summed E-state index contributed by atoms with van der Waals surface area (Å²) in [6, 6.07) is 15.5. The summed E-state index contributed by atoms with van der Waals surface area (Å²) >= 11 is 0. The summed E-state index contributed by atoms with van der Waals surface area (Å²) < 4.78 is 0. The van der Waals surface area contributed by atoms with Crippen molar-refractivity contribution in [3.8, 4) is 0 Å². The van der Waals surface area contributed by atoms with Crippen molar-refractivity contribution >= 4 is 10.8 Å². The fourth-order valence-corrected chi connectivity index (χ4v) is 3.90. The third-order valence-corrected chi connectivity index (χ3v) is 5.07. The van der Waals surface area contributed by atoms with Crippen LogP contribution in [0.3, 0.4) is 0 Å². The third kappa shape index (κ3) is 2.23. The predicted octanol–water partition coefficient (Wildman–Crippen LogP) is 3.03. The zero-order chi connectivity index (χ0) is 13.4. The second-order valence-electron chi connectivity index (χ2n) is 6.57. The Hall–Kier alpha value is -1.38. The van der Waals surface area contributed by atoms with E-state index in [1.807, 2.05) is 0 Å². The lowest BCUT2D eigenvalue weighted by Gasteiger charge is -2.23. The van der Waals surface area contributed by atoms with Crippen molar-refractivity contribution in [3.05, 3.63) is 48.0 Å². The number of rotatable bonds is 2. The molecule has 1 spiro atoms. The van der Waals surface area contributed by atoms with Crippen molar-refractivity contribution < 1.29 is 0 Å². The van der Waals surface area contributed by atoms with Crippen molar-refractivity contribution in [3.63, 3.8) is 0 Å². The molecule has 1 atom stereocenters. The fraction of sp³-hybridized carbons (Fsp3) is 0.444. The third-order valence-electron chi connectivity index (χ3n) is 5.07. The molecule has 2 aliphatic heterocycles. The van der Waals surface area contributed by atoms with E-state index in [1.54, 1.807) is 0 Å². The molecule has 2 fully saturated rings. The van der Waals surface area contributed by atoms with Crippen LogP contribution in [0.25, 0.3) is 10.8 Å². The molecule has 0 saturated carbocycles. The van der Waals surface area contributed by atoms with Crippen molar-refractivity contribution in [2.75, 3.05) is 26.2 Å². The predicted molar refractivity (Wildman–Crippen MR) is 83.8 cm³/mol. The van der Waals surface area contributed by atoms with E-state index in [4.69, 9.17) is 0 Å². The van der Waals surface area contributed by atoms with Gasteiger partial charge >= 0.3 is 0 Å². The van der Waals surface area contributed by atoms with Gasteiger partial charge in [-0.1, -0.05) is 36.4 Å². The van der Waals surface area contributed by atoms with Gasteiger partial charge in [-0.3, -0.25) is 4.90 Å². The average Bonchev–Trinajstić information content (AvgIpc) is 3.09. The van der Waals surface area contributed by atoms with Gasteiger partial charge in [-0.15, -0.1) is 0 Å². The molecule has 0 aliphatic carbocycles. The van der Waals surface area contributed by atoms with Crippen LogP contribution < -0.4 is 5.32 Å². The molecule has 0 bridgehead atoms. The van der Waals surface area contributed by atoms with Crippen LogP contribution in [-0.4, -0.2) is 31.1 Å². The second-order valence-corrected chi connectivity index (χ2v) is 6.57. The van der Waals surface area contributed by atoms with Crippen LogP contribution in [0, 0.1) is 5.41 Å². The number of nitrogens with zero attached hydrogens (tertiary/aromatic N) is 1. The lowest BCUT2D eigenvalue weighted by molar-refractivity contribution is 0.269. The van der Waals surface area contributed by atoms with Crippen molar-refractivity contribution in [1.29, 1.82) is 0 Å². The first-order valence-electron chi connectivity index (χ1n) is 7.74. The summed E-state index contributed by atoms with van der Waals surface area (Å²) in [5.74, 6) is 0. The molecule has 2 heterocycles. The van der Waals surface area contributed by atoms with E-state index in [-0.39, 0.29) is 0 Å². The minimum absolute atomic E-state index is 0.580. The van der Waals surface area contributed by atoms with E-state index in [2.05, 4.69) is 52.7 Å². The van der Waals surface area contributed by atoms with E-state index in [0.29, 0.717) is 5.41 Å². The summed E-state index contributed by atoms with van der Waals surface area (Å²) in [5.41, 5.74) is 2.03. The molecule has 20 heavy (non-hydrogen) atoms. The van der Waals surface area contributed by atoms with Crippen LogP contribution in [0.15, 0.2) is 42.5 Å². The molecule has 0 amide bonds. The van der Waals surface area contributed by atoms with Crippen LogP contribution in [0.2, 0.25) is 0 Å². The molecule has 4 rings (SSSR count). The van der Waals surface area contributed by atoms with Gasteiger partial charge in [0.05, 0.1) is 0 Å². The van der Waals surface area contributed by atoms with E-state index in [9.17, 15) is 0 Å². The van der Waals surface area contributed by atoms with E-state index in [1.165, 1.54) is 55.4 Å². The van der Waals surface area contributed by atoms with Gasteiger partial charge in [-0.05, 0) is 53.7 Å². The molecular formula is C18H22N2. The minimum Gasteiger partial charge on any atom is -0.316 e. The maximum atomic E-state index is 3.54. The molecule has 2 nitrogen and oxygen atoms in total. The zero-order valence-electron chi connectivity index (χ0n) is 11.9. The molecule has 2 aromatic rings. The molecule has 2 saturated heterocycles. The van der Waals surface area contributed by atoms with Gasteiger partial charge in [0.2, 0.25) is 0 Å². The van der Waals surface area contributed by atoms with Gasteiger partial charge in [0.1, 0.15) is 0 Å². The van der Waals surface area contributed by atoms with Crippen LogP contribution in [0.5, 0.6) is 0 Å². The Balaban J connectivity index is 1.50. The van der Waals surface area contributed by atoms with Crippen molar-refractivity contribution in [2.45, 2.75) is 19.4 Å². The topological polar surface area (TPSA) is 15.3 Å². The Morgan fingerprint density at radius 1 is 1.05 bits per heavy atom. The molecule has 104 valence electrons. The zero-order valence-corrected chi connectivity index (χ0v) is 11.9. The SMILES string of the molecule is c1ccc2cc(CN3CCC4(CCNC4)C3)ccc2c1. The van der Waals surface area contributed by atoms with Crippen LogP contribution in [0.1, 0.15) is 18.4 Å². The summed E-state index contributed by atoms with van der Waals surface area (Å²) in [5, 5.41) is 6.24. The Morgan fingerprint density at radius 2 is 1.95 bits per heavy atom. The Morgan fingerprint density at radius 3 is 2.80 bits per heavy atom. The summed E-state index contributed by atoms with van der Waals surface area (Å²) in [6.45, 7) is 6.07. The monoisotopic (exact) mass is 266 g/mol. The number of hydrogen-bond acceptors (Lipinski definition) is 2. The van der Waals surface area contributed by atoms with Crippen molar-refractivity contribution in [2.24, 2.45) is 5.41 Å². The molecule has 2 heteroatoms. The van der Waals surface area contributed by atoms with Gasteiger partial charge < -0.3 is 5.32 Å². The van der Waals surface area contributed by atoms with Gasteiger partial charge in [-0.25, -0.2) is 0 Å². The number of fused-ring (bicyclic) bond motifs is 1. The maximum Gasteiger partial charge on any atom is 0.0234 e. The van der Waals surface area contributed by atoms with Gasteiger partial charge in [0.25, 0.3) is 0 Å². The maximum absolute atomic E-state index is 3.54. The molecule has 0 radical (unpaired) electrons. The molecule has 2 aliphatic rings. The van der Waals surface area contributed by atoms with E-state index in [0.717, 1.165) is 6.54 Å². The quantitative estimate of drug-likeness (QED) is 0.899. The van der Waals surface area contributed by atoms with Gasteiger partial charge in [0.15, 0.2) is 0 Å². The number of hydrogen-bond donors (Lipinski definition) is 1. The number of benzene rings is 2. The number of likely N-dealkylation sites (tertiary alicyclic amines) is 1.